The minimum absolute atomic E-state index is 0.245. The largest absolute Gasteiger partial charge is 0.483 e. The SMILES string of the molecule is Cn1nnc(C2CN(C(=O)CC3CCCC3)CCO2)n1.O=CO. The highest BCUT2D eigenvalue weighted by molar-refractivity contribution is 5.76. The Hall–Kier alpha value is -2.03. The summed E-state index contributed by atoms with van der Waals surface area (Å²) in [6.07, 6.45) is 5.38. The van der Waals surface area contributed by atoms with Crippen LogP contribution in [-0.4, -0.2) is 62.3 Å². The van der Waals surface area contributed by atoms with Gasteiger partial charge < -0.3 is 14.7 Å². The number of tetrazole rings is 1. The molecule has 1 aromatic rings. The summed E-state index contributed by atoms with van der Waals surface area (Å²) >= 11 is 0. The highest BCUT2D eigenvalue weighted by Crippen LogP contribution is 2.29. The Morgan fingerprint density at radius 1 is 1.43 bits per heavy atom. The Morgan fingerprint density at radius 2 is 2.13 bits per heavy atom. The smallest absolute Gasteiger partial charge is 0.290 e. The lowest BCUT2D eigenvalue weighted by Gasteiger charge is -2.32. The highest BCUT2D eigenvalue weighted by Gasteiger charge is 2.29. The average Bonchev–Trinajstić information content (AvgIpc) is 3.20. The first-order valence-corrected chi connectivity index (χ1v) is 7.85. The molecular weight excluding hydrogens is 302 g/mol. The molecular formula is C14H23N5O4. The fourth-order valence-electron chi connectivity index (χ4n) is 3.05. The van der Waals surface area contributed by atoms with Crippen LogP contribution in [0, 0.1) is 5.92 Å². The van der Waals surface area contributed by atoms with Crippen LogP contribution in [0.4, 0.5) is 0 Å². The molecule has 1 amide bonds. The predicted octanol–water partition coefficient (Wildman–Crippen LogP) is 0.391. The van der Waals surface area contributed by atoms with Gasteiger partial charge >= 0.3 is 0 Å². The summed E-state index contributed by atoms with van der Waals surface area (Å²) in [5.41, 5.74) is 0. The first kappa shape index (κ1) is 17.3. The number of aryl methyl sites for hydroxylation is 1. The van der Waals surface area contributed by atoms with E-state index in [1.165, 1.54) is 30.5 Å². The van der Waals surface area contributed by atoms with E-state index in [0.29, 0.717) is 37.9 Å². The van der Waals surface area contributed by atoms with Crippen molar-refractivity contribution in [1.82, 2.24) is 25.1 Å². The Kier molecular flexibility index (Phi) is 6.45. The molecule has 2 heterocycles. The van der Waals surface area contributed by atoms with Gasteiger partial charge in [0.15, 0.2) is 0 Å². The fraction of sp³-hybridized carbons (Fsp3) is 0.786. The van der Waals surface area contributed by atoms with Crippen molar-refractivity contribution in [2.75, 3.05) is 19.7 Å². The lowest BCUT2D eigenvalue weighted by molar-refractivity contribution is -0.140. The third-order valence-corrected chi connectivity index (χ3v) is 4.17. The van der Waals surface area contributed by atoms with Crippen molar-refractivity contribution >= 4 is 12.4 Å². The lowest BCUT2D eigenvalue weighted by atomic mass is 10.0. The van der Waals surface area contributed by atoms with Crippen molar-refractivity contribution in [2.24, 2.45) is 13.0 Å². The molecule has 0 spiro atoms. The Balaban J connectivity index is 0.000000595. The lowest BCUT2D eigenvalue weighted by Crippen LogP contribution is -2.43. The number of hydrogen-bond acceptors (Lipinski definition) is 6. The van der Waals surface area contributed by atoms with Crippen LogP contribution in [0.25, 0.3) is 0 Å². The molecule has 0 bridgehead atoms. The molecule has 1 saturated heterocycles. The van der Waals surface area contributed by atoms with E-state index in [9.17, 15) is 4.79 Å². The van der Waals surface area contributed by atoms with Crippen LogP contribution >= 0.6 is 0 Å². The number of ether oxygens (including phenoxy) is 1. The van der Waals surface area contributed by atoms with Gasteiger partial charge in [0.1, 0.15) is 6.10 Å². The first-order valence-electron chi connectivity index (χ1n) is 7.85. The number of rotatable bonds is 3. The molecule has 2 fully saturated rings. The van der Waals surface area contributed by atoms with Crippen LogP contribution in [0.1, 0.15) is 44.0 Å². The summed E-state index contributed by atoms with van der Waals surface area (Å²) in [7, 11) is 1.72. The summed E-state index contributed by atoms with van der Waals surface area (Å²) in [6.45, 7) is 1.50. The second kappa shape index (κ2) is 8.56. The zero-order valence-electron chi connectivity index (χ0n) is 13.3. The predicted molar refractivity (Wildman–Crippen MR) is 79.3 cm³/mol. The van der Waals surface area contributed by atoms with Gasteiger partial charge in [0.05, 0.1) is 20.2 Å². The van der Waals surface area contributed by atoms with E-state index in [1.807, 2.05) is 4.90 Å². The van der Waals surface area contributed by atoms with Gasteiger partial charge in [0.25, 0.3) is 6.47 Å². The van der Waals surface area contributed by atoms with E-state index in [-0.39, 0.29) is 18.5 Å². The van der Waals surface area contributed by atoms with Gasteiger partial charge in [-0.25, -0.2) is 0 Å². The topological polar surface area (TPSA) is 110 Å². The minimum atomic E-state index is -0.250. The Bertz CT molecular complexity index is 515. The van der Waals surface area contributed by atoms with E-state index in [4.69, 9.17) is 14.6 Å². The highest BCUT2D eigenvalue weighted by atomic mass is 16.5. The van der Waals surface area contributed by atoms with E-state index in [2.05, 4.69) is 15.4 Å². The van der Waals surface area contributed by atoms with E-state index in [1.54, 1.807) is 7.05 Å². The monoisotopic (exact) mass is 325 g/mol. The molecule has 1 N–H and O–H groups in total. The first-order chi connectivity index (χ1) is 11.1. The standard InChI is InChI=1S/C13H21N5O2.CH2O2/c1-17-15-13(14-16-17)11-9-18(6-7-20-11)12(19)8-10-4-2-3-5-10;2-1-3/h10-11H,2-9H2,1H3;1H,(H,2,3). The Labute approximate surface area is 134 Å². The number of morpholine rings is 1. The van der Waals surface area contributed by atoms with Crippen molar-refractivity contribution in [2.45, 2.75) is 38.2 Å². The zero-order chi connectivity index (χ0) is 16.7. The van der Waals surface area contributed by atoms with Gasteiger partial charge in [-0.1, -0.05) is 12.8 Å². The molecule has 128 valence electrons. The van der Waals surface area contributed by atoms with Gasteiger partial charge in [-0.15, -0.1) is 10.2 Å². The quantitative estimate of drug-likeness (QED) is 0.800. The summed E-state index contributed by atoms with van der Waals surface area (Å²) in [4.78, 5) is 24.0. The Morgan fingerprint density at radius 3 is 2.74 bits per heavy atom. The molecule has 9 nitrogen and oxygen atoms in total. The number of amides is 1. The molecule has 1 atom stereocenters. The molecule has 9 heteroatoms. The molecule has 1 unspecified atom stereocenters. The molecule has 3 rings (SSSR count). The van der Waals surface area contributed by atoms with Crippen LogP contribution in [0.15, 0.2) is 0 Å². The van der Waals surface area contributed by atoms with Gasteiger partial charge in [-0.2, -0.15) is 4.80 Å². The van der Waals surface area contributed by atoms with Crippen molar-refractivity contribution in [3.63, 3.8) is 0 Å². The summed E-state index contributed by atoms with van der Waals surface area (Å²) in [6, 6.07) is 0. The number of carboxylic acid groups (broad SMARTS) is 1. The number of carbonyl (C=O) groups excluding carboxylic acids is 1. The van der Waals surface area contributed by atoms with Gasteiger partial charge in [-0.3, -0.25) is 9.59 Å². The van der Waals surface area contributed by atoms with E-state index >= 15 is 0 Å². The zero-order valence-corrected chi connectivity index (χ0v) is 13.3. The van der Waals surface area contributed by atoms with Crippen molar-refractivity contribution in [1.29, 1.82) is 0 Å². The summed E-state index contributed by atoms with van der Waals surface area (Å²) < 4.78 is 5.66. The van der Waals surface area contributed by atoms with Crippen LogP contribution in [0.2, 0.25) is 0 Å². The maximum Gasteiger partial charge on any atom is 0.290 e. The molecule has 23 heavy (non-hydrogen) atoms. The third-order valence-electron chi connectivity index (χ3n) is 4.17. The summed E-state index contributed by atoms with van der Waals surface area (Å²) in [5, 5.41) is 18.8. The van der Waals surface area contributed by atoms with Gasteiger partial charge in [0, 0.05) is 13.0 Å². The maximum atomic E-state index is 12.3. The molecule has 0 radical (unpaired) electrons. The third kappa shape index (κ3) is 4.98. The van der Waals surface area contributed by atoms with E-state index < -0.39 is 0 Å². The molecule has 2 aliphatic rings. The van der Waals surface area contributed by atoms with Gasteiger partial charge in [0.2, 0.25) is 11.7 Å². The molecule has 1 aromatic heterocycles. The number of aromatic nitrogens is 4. The average molecular weight is 325 g/mol. The van der Waals surface area contributed by atoms with Crippen molar-refractivity contribution in [3.05, 3.63) is 5.82 Å². The minimum Gasteiger partial charge on any atom is -0.483 e. The van der Waals surface area contributed by atoms with Crippen LogP contribution in [0.5, 0.6) is 0 Å². The van der Waals surface area contributed by atoms with E-state index in [0.717, 1.165) is 0 Å². The van der Waals surface area contributed by atoms with Crippen molar-refractivity contribution < 1.29 is 19.4 Å². The number of hydrogen-bond donors (Lipinski definition) is 1. The van der Waals surface area contributed by atoms with Gasteiger partial charge in [-0.05, 0) is 24.0 Å². The number of carbonyl (C=O) groups is 2. The molecule has 1 aliphatic heterocycles. The molecule has 0 aromatic carbocycles. The number of nitrogens with zero attached hydrogens (tertiary/aromatic N) is 5. The van der Waals surface area contributed by atoms with Crippen LogP contribution < -0.4 is 0 Å². The molecule has 1 aliphatic carbocycles. The summed E-state index contributed by atoms with van der Waals surface area (Å²) in [5.74, 6) is 1.39. The van der Waals surface area contributed by atoms with Crippen molar-refractivity contribution in [3.8, 4) is 0 Å². The molecule has 1 saturated carbocycles. The maximum absolute atomic E-state index is 12.3. The second-order valence-corrected chi connectivity index (χ2v) is 5.80. The van der Waals surface area contributed by atoms with Crippen LogP contribution in [-0.2, 0) is 21.4 Å². The second-order valence-electron chi connectivity index (χ2n) is 5.80. The fourth-order valence-corrected chi connectivity index (χ4v) is 3.05. The normalized spacial score (nSPS) is 21.6. The van der Waals surface area contributed by atoms with Crippen LogP contribution in [0.3, 0.4) is 0 Å².